The quantitative estimate of drug-likeness (QED) is 0.181. The van der Waals surface area contributed by atoms with Crippen molar-refractivity contribution in [2.75, 3.05) is 0 Å². The van der Waals surface area contributed by atoms with Gasteiger partial charge in [-0.05, 0) is 76.5 Å². The van der Waals surface area contributed by atoms with Crippen LogP contribution in [0, 0.1) is 0 Å². The summed E-state index contributed by atoms with van der Waals surface area (Å²) in [6.07, 6.45) is 3.54. The molecule has 0 radical (unpaired) electrons. The summed E-state index contributed by atoms with van der Waals surface area (Å²) in [5.74, 6) is 1.67. The zero-order valence-electron chi connectivity index (χ0n) is 29.1. The van der Waals surface area contributed by atoms with Gasteiger partial charge < -0.3 is 8.83 Å². The highest BCUT2D eigenvalue weighted by Gasteiger charge is 2.21. The number of fused-ring (bicyclic) bond motifs is 10. The zero-order valence-corrected chi connectivity index (χ0v) is 29.1. The van der Waals surface area contributed by atoms with Gasteiger partial charge in [-0.25, -0.2) is 4.98 Å². The second kappa shape index (κ2) is 11.4. The van der Waals surface area contributed by atoms with E-state index in [2.05, 4.69) is 131 Å². The van der Waals surface area contributed by atoms with E-state index in [-0.39, 0.29) is 0 Å². The molecule has 12 rings (SSSR count). The number of pyridine rings is 1. The van der Waals surface area contributed by atoms with Crippen LogP contribution in [0.25, 0.3) is 116 Å². The topological polar surface area (TPSA) is 82.8 Å². The van der Waals surface area contributed by atoms with Gasteiger partial charge in [0.15, 0.2) is 17.2 Å². The molecule has 0 spiro atoms. The van der Waals surface area contributed by atoms with Crippen molar-refractivity contribution < 1.29 is 8.83 Å². The smallest absolute Gasteiger partial charge is 0.238 e. The van der Waals surface area contributed by atoms with Crippen molar-refractivity contribution in [2.45, 2.75) is 0 Å². The third kappa shape index (κ3) is 4.57. The molecule has 0 saturated carbocycles. The highest BCUT2D eigenvalue weighted by atomic mass is 16.3. The minimum absolute atomic E-state index is 0.532. The summed E-state index contributed by atoms with van der Waals surface area (Å²) in [7, 11) is 0. The Kier molecular flexibility index (Phi) is 6.21. The standard InChI is InChI=1S/C48H27N5O2/c1-2-9-29-24-32(17-16-28(29)8-1)46-50-47(36-12-7-15-43-45(36)35-22-23-49-27-44(35)55-43)52-48(51-46)53-39-13-5-3-10-33(39)37-25-30(18-20-40(37)53)31-19-21-42-38(26-31)34-11-4-6-14-41(34)54-42/h1-27H. The molecule has 0 aliphatic heterocycles. The maximum absolute atomic E-state index is 6.24. The van der Waals surface area contributed by atoms with Gasteiger partial charge in [0.25, 0.3) is 0 Å². The monoisotopic (exact) mass is 705 g/mol. The Labute approximate surface area is 312 Å². The molecule has 0 fully saturated rings. The van der Waals surface area contributed by atoms with Crippen LogP contribution in [-0.4, -0.2) is 24.5 Å². The molecule has 5 heterocycles. The van der Waals surface area contributed by atoms with E-state index in [4.69, 9.17) is 23.8 Å². The summed E-state index contributed by atoms with van der Waals surface area (Å²) >= 11 is 0. The molecule has 0 aliphatic carbocycles. The number of para-hydroxylation sites is 2. The van der Waals surface area contributed by atoms with Gasteiger partial charge in [-0.3, -0.25) is 9.55 Å². The second-order valence-corrected chi connectivity index (χ2v) is 13.9. The number of rotatable bonds is 4. The Balaban J connectivity index is 1.10. The van der Waals surface area contributed by atoms with Crippen molar-refractivity contribution >= 4 is 76.5 Å². The summed E-state index contributed by atoms with van der Waals surface area (Å²) in [5, 5.41) is 8.60. The molecule has 0 amide bonds. The van der Waals surface area contributed by atoms with Crippen LogP contribution < -0.4 is 0 Å². The molecule has 5 aromatic heterocycles. The van der Waals surface area contributed by atoms with E-state index in [1.165, 1.54) is 0 Å². The lowest BCUT2D eigenvalue weighted by Gasteiger charge is -2.12. The number of furan rings is 2. The first-order chi connectivity index (χ1) is 27.2. The molecule has 7 nitrogen and oxygen atoms in total. The molecular weight excluding hydrogens is 679 g/mol. The van der Waals surface area contributed by atoms with E-state index in [0.29, 0.717) is 23.2 Å². The molecular formula is C48H27N5O2. The van der Waals surface area contributed by atoms with Crippen LogP contribution in [0.3, 0.4) is 0 Å². The maximum atomic E-state index is 6.24. The SMILES string of the molecule is c1ccc2cc(-c3nc(-c4cccc5oc6cnccc6c45)nc(-n4c5ccccc5c5cc(-c6ccc7oc8ccccc8c7c6)ccc54)n3)ccc2c1. The largest absolute Gasteiger partial charge is 0.456 e. The minimum Gasteiger partial charge on any atom is -0.456 e. The molecule has 12 aromatic rings. The average Bonchev–Trinajstić information content (AvgIpc) is 3.92. The van der Waals surface area contributed by atoms with Crippen LogP contribution in [-0.2, 0) is 0 Å². The third-order valence-electron chi connectivity index (χ3n) is 10.8. The van der Waals surface area contributed by atoms with Crippen molar-refractivity contribution in [3.05, 3.63) is 164 Å². The number of benzene rings is 7. The van der Waals surface area contributed by atoms with Gasteiger partial charge >= 0.3 is 0 Å². The molecule has 0 saturated heterocycles. The summed E-state index contributed by atoms with van der Waals surface area (Å²) in [6, 6.07) is 52.4. The van der Waals surface area contributed by atoms with Crippen molar-refractivity contribution in [1.29, 1.82) is 0 Å². The Morgan fingerprint density at radius 3 is 2.07 bits per heavy atom. The van der Waals surface area contributed by atoms with E-state index in [9.17, 15) is 0 Å². The number of hydrogen-bond donors (Lipinski definition) is 0. The van der Waals surface area contributed by atoms with Crippen LogP contribution in [0.5, 0.6) is 0 Å². The Hall–Kier alpha value is -7.64. The fraction of sp³-hybridized carbons (Fsp3) is 0. The van der Waals surface area contributed by atoms with Crippen LogP contribution in [0.4, 0.5) is 0 Å². The molecule has 256 valence electrons. The highest BCUT2D eigenvalue weighted by molar-refractivity contribution is 6.13. The van der Waals surface area contributed by atoms with Gasteiger partial charge in [-0.2, -0.15) is 9.97 Å². The zero-order chi connectivity index (χ0) is 36.0. The Morgan fingerprint density at radius 2 is 1.13 bits per heavy atom. The molecule has 0 atom stereocenters. The summed E-state index contributed by atoms with van der Waals surface area (Å²) in [6.45, 7) is 0. The Bertz CT molecular complexity index is 3520. The van der Waals surface area contributed by atoms with Crippen LogP contribution in [0.2, 0.25) is 0 Å². The molecule has 0 aliphatic rings. The summed E-state index contributed by atoms with van der Waals surface area (Å²) in [5.41, 5.74) is 9.24. The predicted molar refractivity (Wildman–Crippen MR) is 220 cm³/mol. The molecule has 7 aromatic carbocycles. The van der Waals surface area contributed by atoms with Gasteiger partial charge in [-0.1, -0.05) is 97.1 Å². The fourth-order valence-electron chi connectivity index (χ4n) is 8.18. The fourth-order valence-corrected chi connectivity index (χ4v) is 8.18. The van der Waals surface area contributed by atoms with Gasteiger partial charge in [0.2, 0.25) is 5.95 Å². The van der Waals surface area contributed by atoms with Crippen molar-refractivity contribution in [3.63, 3.8) is 0 Å². The van der Waals surface area contributed by atoms with Gasteiger partial charge in [-0.15, -0.1) is 0 Å². The Morgan fingerprint density at radius 1 is 0.418 bits per heavy atom. The number of aromatic nitrogens is 5. The van der Waals surface area contributed by atoms with Crippen molar-refractivity contribution in [2.24, 2.45) is 0 Å². The van der Waals surface area contributed by atoms with Crippen molar-refractivity contribution in [3.8, 4) is 39.9 Å². The van der Waals surface area contributed by atoms with E-state index in [1.54, 1.807) is 12.4 Å². The predicted octanol–water partition coefficient (Wildman–Crippen LogP) is 12.3. The lowest BCUT2D eigenvalue weighted by molar-refractivity contribution is 0.667. The molecule has 0 unspecified atom stereocenters. The van der Waals surface area contributed by atoms with Crippen LogP contribution in [0.1, 0.15) is 0 Å². The highest BCUT2D eigenvalue weighted by Crippen LogP contribution is 2.39. The van der Waals surface area contributed by atoms with Crippen molar-refractivity contribution in [1.82, 2.24) is 24.5 Å². The number of nitrogens with zero attached hydrogens (tertiary/aromatic N) is 5. The maximum Gasteiger partial charge on any atom is 0.238 e. The van der Waals surface area contributed by atoms with Crippen LogP contribution >= 0.6 is 0 Å². The van der Waals surface area contributed by atoms with Gasteiger partial charge in [0.05, 0.1) is 17.2 Å². The van der Waals surface area contributed by atoms with Crippen LogP contribution in [0.15, 0.2) is 173 Å². The van der Waals surface area contributed by atoms with E-state index in [1.807, 2.05) is 30.3 Å². The normalized spacial score (nSPS) is 12.0. The lowest BCUT2D eigenvalue weighted by atomic mass is 10.0. The molecule has 55 heavy (non-hydrogen) atoms. The first-order valence-corrected chi connectivity index (χ1v) is 18.2. The van der Waals surface area contributed by atoms with Gasteiger partial charge in [0.1, 0.15) is 16.7 Å². The molecule has 0 N–H and O–H groups in total. The third-order valence-corrected chi connectivity index (χ3v) is 10.8. The number of hydrogen-bond acceptors (Lipinski definition) is 6. The summed E-state index contributed by atoms with van der Waals surface area (Å²) in [4.78, 5) is 20.0. The van der Waals surface area contributed by atoms with E-state index < -0.39 is 0 Å². The molecule has 7 heteroatoms. The minimum atomic E-state index is 0.532. The van der Waals surface area contributed by atoms with Gasteiger partial charge in [0, 0.05) is 49.6 Å². The second-order valence-electron chi connectivity index (χ2n) is 13.9. The average molecular weight is 706 g/mol. The molecule has 0 bridgehead atoms. The lowest BCUT2D eigenvalue weighted by Crippen LogP contribution is -2.06. The summed E-state index contributed by atoms with van der Waals surface area (Å²) < 4.78 is 14.5. The first kappa shape index (κ1) is 29.9. The van der Waals surface area contributed by atoms with E-state index in [0.717, 1.165) is 93.1 Å². The first-order valence-electron chi connectivity index (χ1n) is 18.2. The van der Waals surface area contributed by atoms with E-state index >= 15 is 0 Å².